The number of hydrogen-bond donors (Lipinski definition) is 1. The number of rotatable bonds is 5. The van der Waals surface area contributed by atoms with E-state index in [-0.39, 0.29) is 28.7 Å². The number of fused-ring (bicyclic) bond motifs is 1. The van der Waals surface area contributed by atoms with Crippen LogP contribution in [0.3, 0.4) is 0 Å². The van der Waals surface area contributed by atoms with E-state index in [1.807, 2.05) is 0 Å². The van der Waals surface area contributed by atoms with Crippen molar-refractivity contribution in [2.24, 2.45) is 14.1 Å². The van der Waals surface area contributed by atoms with Gasteiger partial charge in [-0.25, -0.2) is 4.79 Å². The lowest BCUT2D eigenvalue weighted by atomic mass is 10.3. The number of ether oxygens (including phenoxy) is 1. The number of carbonyl (C=O) groups excluding carboxylic acids is 1. The van der Waals surface area contributed by atoms with Gasteiger partial charge >= 0.3 is 12.3 Å². The van der Waals surface area contributed by atoms with Gasteiger partial charge in [0.2, 0.25) is 11.2 Å². The van der Waals surface area contributed by atoms with Gasteiger partial charge in [-0.05, 0) is 35.9 Å². The van der Waals surface area contributed by atoms with E-state index >= 15 is 0 Å². The van der Waals surface area contributed by atoms with Gasteiger partial charge in [0.1, 0.15) is 12.3 Å². The van der Waals surface area contributed by atoms with E-state index in [4.69, 9.17) is 11.6 Å². The Morgan fingerprint density at radius 3 is 2.46 bits per heavy atom. The monoisotopic (exact) mass is 413 g/mol. The molecule has 0 saturated carbocycles. The summed E-state index contributed by atoms with van der Waals surface area (Å²) in [4.78, 5) is 40.7. The molecule has 0 aliphatic heterocycles. The Kier molecular flexibility index (Phi) is 5.18. The topological polar surface area (TPSA) is 100 Å². The second-order valence-electron chi connectivity index (χ2n) is 5.80. The fraction of sp³-hybridized carbons (Fsp3) is 0.250. The van der Waals surface area contributed by atoms with Crippen LogP contribution in [0.25, 0.3) is 11.2 Å². The predicted octanol–water partition coefficient (Wildman–Crippen LogP) is 1.33. The molecule has 1 amide bonds. The zero-order valence-electron chi connectivity index (χ0n) is 14.6. The largest absolute Gasteiger partial charge is 0.435 e. The third-order valence-corrected chi connectivity index (χ3v) is 4.25. The molecule has 0 saturated heterocycles. The van der Waals surface area contributed by atoms with Crippen molar-refractivity contribution in [1.82, 2.24) is 18.7 Å². The molecule has 2 heterocycles. The average Bonchev–Trinajstić information content (AvgIpc) is 2.96. The number of nitrogens with zero attached hydrogens (tertiary/aromatic N) is 4. The first-order valence-electron chi connectivity index (χ1n) is 7.85. The first-order valence-corrected chi connectivity index (χ1v) is 8.23. The molecular weight excluding hydrogens is 400 g/mol. The Morgan fingerprint density at radius 2 is 1.86 bits per heavy atom. The number of imidazole rings is 1. The number of aryl methyl sites for hydroxylation is 1. The van der Waals surface area contributed by atoms with Crippen LogP contribution in [0.2, 0.25) is 5.28 Å². The summed E-state index contributed by atoms with van der Waals surface area (Å²) >= 11 is 6.05. The van der Waals surface area contributed by atoms with E-state index in [1.54, 1.807) is 0 Å². The van der Waals surface area contributed by atoms with Gasteiger partial charge in [-0.2, -0.15) is 13.8 Å². The first-order chi connectivity index (χ1) is 13.2. The Morgan fingerprint density at radius 1 is 1.21 bits per heavy atom. The van der Waals surface area contributed by atoms with Crippen LogP contribution in [-0.4, -0.2) is 31.2 Å². The number of nitrogens with one attached hydrogen (secondary N) is 1. The van der Waals surface area contributed by atoms with Crippen molar-refractivity contribution in [3.8, 4) is 5.75 Å². The zero-order valence-corrected chi connectivity index (χ0v) is 15.4. The molecule has 0 radical (unpaired) electrons. The van der Waals surface area contributed by atoms with Crippen LogP contribution in [0.15, 0.2) is 33.9 Å². The standard InChI is InChI=1S/C16H14ClF2N5O4/c1-22-12-11(13(26)23(2)16(22)27)24(14(17)21-12)7-10(25)20-8-3-5-9(6-4-8)28-15(18)19/h3-6,15H,7H2,1-2H3,(H,20,25). The maximum atomic E-state index is 12.4. The molecule has 0 fully saturated rings. The van der Waals surface area contributed by atoms with Gasteiger partial charge in [-0.15, -0.1) is 0 Å². The summed E-state index contributed by atoms with van der Waals surface area (Å²) in [6, 6.07) is 5.30. The summed E-state index contributed by atoms with van der Waals surface area (Å²) in [7, 11) is 2.74. The molecule has 9 nitrogen and oxygen atoms in total. The number of halogens is 3. The Hall–Kier alpha value is -3.21. The molecule has 12 heteroatoms. The van der Waals surface area contributed by atoms with Gasteiger partial charge in [0.15, 0.2) is 11.2 Å². The van der Waals surface area contributed by atoms with E-state index in [0.29, 0.717) is 5.69 Å². The molecule has 3 aromatic rings. The van der Waals surface area contributed by atoms with Crippen LogP contribution in [-0.2, 0) is 25.4 Å². The van der Waals surface area contributed by atoms with Crippen molar-refractivity contribution in [3.63, 3.8) is 0 Å². The van der Waals surface area contributed by atoms with Gasteiger partial charge in [0.05, 0.1) is 0 Å². The Balaban J connectivity index is 1.87. The summed E-state index contributed by atoms with van der Waals surface area (Å²) in [5.74, 6) is -0.597. The minimum atomic E-state index is -2.95. The van der Waals surface area contributed by atoms with E-state index in [9.17, 15) is 23.2 Å². The number of benzene rings is 1. The minimum Gasteiger partial charge on any atom is -0.435 e. The maximum absolute atomic E-state index is 12.4. The van der Waals surface area contributed by atoms with Crippen LogP contribution in [0.1, 0.15) is 0 Å². The van der Waals surface area contributed by atoms with Crippen LogP contribution >= 0.6 is 11.6 Å². The zero-order chi connectivity index (χ0) is 20.6. The molecule has 0 aliphatic carbocycles. The highest BCUT2D eigenvalue weighted by molar-refractivity contribution is 6.29. The van der Waals surface area contributed by atoms with Crippen LogP contribution in [0.5, 0.6) is 5.75 Å². The number of amides is 1. The highest BCUT2D eigenvalue weighted by Gasteiger charge is 2.19. The minimum absolute atomic E-state index is 0.00503. The summed E-state index contributed by atoms with van der Waals surface area (Å²) in [5.41, 5.74) is -0.828. The summed E-state index contributed by atoms with van der Waals surface area (Å²) in [5, 5.41) is 2.41. The maximum Gasteiger partial charge on any atom is 0.387 e. The van der Waals surface area contributed by atoms with Gasteiger partial charge in [0.25, 0.3) is 5.56 Å². The third kappa shape index (κ3) is 3.60. The molecule has 2 aromatic heterocycles. The first kappa shape index (κ1) is 19.5. The number of carbonyl (C=O) groups is 1. The van der Waals surface area contributed by atoms with Crippen molar-refractivity contribution in [2.75, 3.05) is 5.32 Å². The molecular formula is C16H14ClF2N5O4. The number of aromatic nitrogens is 4. The molecule has 0 spiro atoms. The van der Waals surface area contributed by atoms with E-state index < -0.39 is 23.8 Å². The lowest BCUT2D eigenvalue weighted by Gasteiger charge is -2.09. The van der Waals surface area contributed by atoms with Gasteiger partial charge in [-0.3, -0.25) is 23.3 Å². The van der Waals surface area contributed by atoms with Crippen molar-refractivity contribution in [1.29, 1.82) is 0 Å². The van der Waals surface area contributed by atoms with Crippen molar-refractivity contribution < 1.29 is 18.3 Å². The molecule has 148 valence electrons. The third-order valence-electron chi connectivity index (χ3n) is 3.97. The van der Waals surface area contributed by atoms with Gasteiger partial charge < -0.3 is 10.1 Å². The number of alkyl halides is 2. The molecule has 0 aliphatic rings. The molecule has 28 heavy (non-hydrogen) atoms. The fourth-order valence-corrected chi connectivity index (χ4v) is 2.85. The lowest BCUT2D eigenvalue weighted by Crippen LogP contribution is -2.37. The molecule has 1 aromatic carbocycles. The number of hydrogen-bond acceptors (Lipinski definition) is 5. The summed E-state index contributed by atoms with van der Waals surface area (Å²) in [6.07, 6.45) is 0. The van der Waals surface area contributed by atoms with Crippen molar-refractivity contribution in [3.05, 3.63) is 50.4 Å². The molecule has 0 unspecified atom stereocenters. The average molecular weight is 414 g/mol. The normalized spacial score (nSPS) is 11.2. The summed E-state index contributed by atoms with van der Waals surface area (Å²) < 4.78 is 31.8. The highest BCUT2D eigenvalue weighted by Crippen LogP contribution is 2.19. The Bertz CT molecular complexity index is 1170. The van der Waals surface area contributed by atoms with Crippen LogP contribution < -0.4 is 21.3 Å². The highest BCUT2D eigenvalue weighted by atomic mass is 35.5. The van der Waals surface area contributed by atoms with Crippen LogP contribution in [0, 0.1) is 0 Å². The lowest BCUT2D eigenvalue weighted by molar-refractivity contribution is -0.116. The van der Waals surface area contributed by atoms with E-state index in [0.717, 1.165) is 9.13 Å². The predicted molar refractivity (Wildman–Crippen MR) is 96.9 cm³/mol. The second-order valence-corrected chi connectivity index (χ2v) is 6.13. The second kappa shape index (κ2) is 7.43. The number of anilines is 1. The molecule has 0 bridgehead atoms. The molecule has 0 atom stereocenters. The van der Waals surface area contributed by atoms with Crippen molar-refractivity contribution >= 4 is 34.4 Å². The van der Waals surface area contributed by atoms with Gasteiger partial charge in [0, 0.05) is 19.8 Å². The van der Waals surface area contributed by atoms with Crippen LogP contribution in [0.4, 0.5) is 14.5 Å². The molecule has 3 rings (SSSR count). The Labute approximate surface area is 160 Å². The smallest absolute Gasteiger partial charge is 0.387 e. The molecule has 1 N–H and O–H groups in total. The summed E-state index contributed by atoms with van der Waals surface area (Å²) in [6.45, 7) is -3.30. The SMILES string of the molecule is Cn1c(=O)c2c(nc(Cl)n2CC(=O)Nc2ccc(OC(F)F)cc2)n(C)c1=O. The quantitative estimate of drug-likeness (QED) is 0.636. The van der Waals surface area contributed by atoms with Crippen molar-refractivity contribution in [2.45, 2.75) is 13.2 Å². The van der Waals surface area contributed by atoms with E-state index in [1.165, 1.54) is 42.9 Å². The van der Waals surface area contributed by atoms with E-state index in [2.05, 4.69) is 15.0 Å². The fourth-order valence-electron chi connectivity index (χ4n) is 2.63. The van der Waals surface area contributed by atoms with Gasteiger partial charge in [-0.1, -0.05) is 0 Å².